The van der Waals surface area contributed by atoms with Crippen LogP contribution in [-0.2, 0) is 4.79 Å². The molecule has 2 aromatic carbocycles. The van der Waals surface area contributed by atoms with Crippen LogP contribution in [0.2, 0.25) is 0 Å². The van der Waals surface area contributed by atoms with E-state index < -0.39 is 0 Å². The van der Waals surface area contributed by atoms with Crippen molar-refractivity contribution in [3.63, 3.8) is 0 Å². The van der Waals surface area contributed by atoms with Crippen molar-refractivity contribution >= 4 is 5.97 Å². The number of carbonyl (C=O) groups excluding carboxylic acids is 1. The highest BCUT2D eigenvalue weighted by Crippen LogP contribution is 2.23. The predicted molar refractivity (Wildman–Crippen MR) is 76.2 cm³/mol. The fraction of sp³-hybridized carbons (Fsp3) is 0.235. The molecule has 0 radical (unpaired) electrons. The lowest BCUT2D eigenvalue weighted by Crippen LogP contribution is -2.18. The SMILES string of the molecule is CCC(C(=O)Oc1ccc(C)c(F)c1)c1ccccc1. The zero-order valence-electron chi connectivity index (χ0n) is 11.6. The van der Waals surface area contributed by atoms with E-state index in [0.717, 1.165) is 5.56 Å². The summed E-state index contributed by atoms with van der Waals surface area (Å²) in [5, 5.41) is 0. The van der Waals surface area contributed by atoms with Crippen molar-refractivity contribution < 1.29 is 13.9 Å². The summed E-state index contributed by atoms with van der Waals surface area (Å²) < 4.78 is 18.7. The molecule has 20 heavy (non-hydrogen) atoms. The van der Waals surface area contributed by atoms with Gasteiger partial charge in [-0.05, 0) is 30.5 Å². The number of halogens is 1. The molecule has 0 aliphatic carbocycles. The Labute approximate surface area is 118 Å². The highest BCUT2D eigenvalue weighted by Gasteiger charge is 2.20. The standard InChI is InChI=1S/C17H17FO2/c1-3-15(13-7-5-4-6-8-13)17(19)20-14-10-9-12(2)16(18)11-14/h4-11,15H,3H2,1-2H3. The maximum absolute atomic E-state index is 13.4. The summed E-state index contributed by atoms with van der Waals surface area (Å²) in [5.74, 6) is -0.821. The number of carbonyl (C=O) groups is 1. The van der Waals surface area contributed by atoms with Crippen LogP contribution >= 0.6 is 0 Å². The highest BCUT2D eigenvalue weighted by molar-refractivity contribution is 5.80. The van der Waals surface area contributed by atoms with Gasteiger partial charge >= 0.3 is 5.97 Å². The van der Waals surface area contributed by atoms with Gasteiger partial charge in [-0.15, -0.1) is 0 Å². The van der Waals surface area contributed by atoms with Crippen molar-refractivity contribution in [1.82, 2.24) is 0 Å². The van der Waals surface area contributed by atoms with E-state index in [1.54, 1.807) is 19.1 Å². The Morgan fingerprint density at radius 3 is 2.50 bits per heavy atom. The maximum Gasteiger partial charge on any atom is 0.318 e. The molecule has 2 nitrogen and oxygen atoms in total. The van der Waals surface area contributed by atoms with E-state index in [-0.39, 0.29) is 23.5 Å². The molecule has 2 rings (SSSR count). The number of esters is 1. The number of hydrogen-bond donors (Lipinski definition) is 0. The average Bonchev–Trinajstić information content (AvgIpc) is 2.45. The molecule has 0 amide bonds. The van der Waals surface area contributed by atoms with Crippen LogP contribution in [-0.4, -0.2) is 5.97 Å². The third-order valence-electron chi connectivity index (χ3n) is 3.26. The first-order valence-corrected chi connectivity index (χ1v) is 6.64. The Balaban J connectivity index is 2.15. The van der Waals surface area contributed by atoms with Crippen LogP contribution in [0.3, 0.4) is 0 Å². The summed E-state index contributed by atoms with van der Waals surface area (Å²) in [5.41, 5.74) is 1.44. The van der Waals surface area contributed by atoms with Crippen molar-refractivity contribution in [3.8, 4) is 5.75 Å². The van der Waals surface area contributed by atoms with Gasteiger partial charge in [0.2, 0.25) is 0 Å². The van der Waals surface area contributed by atoms with E-state index in [9.17, 15) is 9.18 Å². The Bertz CT molecular complexity index is 593. The van der Waals surface area contributed by atoms with Crippen molar-refractivity contribution in [2.45, 2.75) is 26.2 Å². The molecule has 0 aliphatic rings. The lowest BCUT2D eigenvalue weighted by atomic mass is 9.97. The van der Waals surface area contributed by atoms with Gasteiger partial charge in [0.05, 0.1) is 5.92 Å². The third-order valence-corrected chi connectivity index (χ3v) is 3.26. The first-order chi connectivity index (χ1) is 9.61. The quantitative estimate of drug-likeness (QED) is 0.615. The van der Waals surface area contributed by atoms with E-state index in [2.05, 4.69) is 0 Å². The second-order valence-corrected chi connectivity index (χ2v) is 4.70. The topological polar surface area (TPSA) is 26.3 Å². The molecular weight excluding hydrogens is 255 g/mol. The number of hydrogen-bond acceptors (Lipinski definition) is 2. The normalized spacial score (nSPS) is 11.9. The minimum absolute atomic E-state index is 0.243. The molecule has 1 unspecified atom stereocenters. The van der Waals surface area contributed by atoms with Gasteiger partial charge in [0.25, 0.3) is 0 Å². The number of ether oxygens (including phenoxy) is 1. The molecule has 104 valence electrons. The maximum atomic E-state index is 13.4. The van der Waals surface area contributed by atoms with E-state index >= 15 is 0 Å². The zero-order valence-corrected chi connectivity index (χ0v) is 11.6. The molecule has 0 aliphatic heterocycles. The highest BCUT2D eigenvalue weighted by atomic mass is 19.1. The lowest BCUT2D eigenvalue weighted by molar-refractivity contribution is -0.136. The minimum atomic E-state index is -0.372. The van der Waals surface area contributed by atoms with Crippen molar-refractivity contribution in [2.75, 3.05) is 0 Å². The zero-order chi connectivity index (χ0) is 14.5. The molecule has 0 saturated carbocycles. The van der Waals surface area contributed by atoms with E-state index in [1.165, 1.54) is 6.07 Å². The van der Waals surface area contributed by atoms with Gasteiger partial charge in [-0.25, -0.2) is 4.39 Å². The second-order valence-electron chi connectivity index (χ2n) is 4.70. The monoisotopic (exact) mass is 272 g/mol. The number of aryl methyl sites for hydroxylation is 1. The molecule has 0 fully saturated rings. The Morgan fingerprint density at radius 2 is 1.90 bits per heavy atom. The van der Waals surface area contributed by atoms with Gasteiger partial charge in [0, 0.05) is 6.07 Å². The van der Waals surface area contributed by atoms with Crippen molar-refractivity contribution in [1.29, 1.82) is 0 Å². The van der Waals surface area contributed by atoms with Gasteiger partial charge in [-0.2, -0.15) is 0 Å². The molecule has 0 heterocycles. The van der Waals surface area contributed by atoms with Gasteiger partial charge in [0.1, 0.15) is 11.6 Å². The Morgan fingerprint density at radius 1 is 1.20 bits per heavy atom. The summed E-state index contributed by atoms with van der Waals surface area (Å²) in [4.78, 5) is 12.2. The smallest absolute Gasteiger partial charge is 0.318 e. The van der Waals surface area contributed by atoms with Crippen LogP contribution in [0, 0.1) is 12.7 Å². The second kappa shape index (κ2) is 6.33. The van der Waals surface area contributed by atoms with Crippen LogP contribution in [0.5, 0.6) is 5.75 Å². The number of rotatable bonds is 4. The van der Waals surface area contributed by atoms with Crippen molar-refractivity contribution in [3.05, 3.63) is 65.5 Å². The van der Waals surface area contributed by atoms with E-state index in [0.29, 0.717) is 12.0 Å². The van der Waals surface area contributed by atoms with Crippen LogP contribution in [0.1, 0.15) is 30.4 Å². The summed E-state index contributed by atoms with van der Waals surface area (Å²) in [6.07, 6.45) is 0.636. The average molecular weight is 272 g/mol. The molecule has 0 bridgehead atoms. The first-order valence-electron chi connectivity index (χ1n) is 6.64. The largest absolute Gasteiger partial charge is 0.426 e. The molecular formula is C17H17FO2. The fourth-order valence-electron chi connectivity index (χ4n) is 2.05. The molecule has 0 N–H and O–H groups in total. The number of benzene rings is 2. The summed E-state index contributed by atoms with van der Waals surface area (Å²) in [7, 11) is 0. The molecule has 0 aromatic heterocycles. The van der Waals surface area contributed by atoms with Crippen LogP contribution in [0.15, 0.2) is 48.5 Å². The fourth-order valence-corrected chi connectivity index (χ4v) is 2.05. The Kier molecular flexibility index (Phi) is 4.51. The van der Waals surface area contributed by atoms with Gasteiger partial charge in [-0.1, -0.05) is 43.3 Å². The van der Waals surface area contributed by atoms with Gasteiger partial charge in [0.15, 0.2) is 0 Å². The molecule has 3 heteroatoms. The molecule has 2 aromatic rings. The van der Waals surface area contributed by atoms with Crippen molar-refractivity contribution in [2.24, 2.45) is 0 Å². The third kappa shape index (κ3) is 3.23. The van der Waals surface area contributed by atoms with Crippen LogP contribution in [0.4, 0.5) is 4.39 Å². The predicted octanol–water partition coefficient (Wildman–Crippen LogP) is 4.23. The molecule has 0 spiro atoms. The van der Waals surface area contributed by atoms with Crippen LogP contribution in [0.25, 0.3) is 0 Å². The molecule has 1 atom stereocenters. The first kappa shape index (κ1) is 14.3. The van der Waals surface area contributed by atoms with Gasteiger partial charge in [-0.3, -0.25) is 4.79 Å². The lowest BCUT2D eigenvalue weighted by Gasteiger charge is -2.14. The van der Waals surface area contributed by atoms with E-state index in [1.807, 2.05) is 37.3 Å². The Hall–Kier alpha value is -2.16. The van der Waals surface area contributed by atoms with Crippen LogP contribution < -0.4 is 4.74 Å². The van der Waals surface area contributed by atoms with E-state index in [4.69, 9.17) is 4.74 Å². The molecule has 0 saturated heterocycles. The minimum Gasteiger partial charge on any atom is -0.426 e. The van der Waals surface area contributed by atoms with Gasteiger partial charge < -0.3 is 4.74 Å². The summed E-state index contributed by atoms with van der Waals surface area (Å²) in [6, 6.07) is 13.9. The summed E-state index contributed by atoms with van der Waals surface area (Å²) in [6.45, 7) is 3.59. The summed E-state index contributed by atoms with van der Waals surface area (Å²) >= 11 is 0.